The van der Waals surface area contributed by atoms with Crippen molar-refractivity contribution in [2.75, 3.05) is 17.2 Å². The number of carbonyl (C=O) groups is 1. The fourth-order valence-electron chi connectivity index (χ4n) is 2.01. The first kappa shape index (κ1) is 16.2. The maximum absolute atomic E-state index is 11.0. The van der Waals surface area contributed by atoms with E-state index in [1.165, 1.54) is 6.92 Å². The molecule has 0 atom stereocenters. The summed E-state index contributed by atoms with van der Waals surface area (Å²) in [7, 11) is 0. The van der Waals surface area contributed by atoms with Crippen molar-refractivity contribution in [1.82, 2.24) is 0 Å². The number of carbonyl (C=O) groups excluding carboxylic acids is 1. The SMILES string of the molecule is CCOc1ccc(CNc2ccc(NC(C)=O)cc2)cc1Cl. The molecule has 2 rings (SSSR count). The molecule has 0 unspecified atom stereocenters. The molecule has 0 bridgehead atoms. The predicted octanol–water partition coefficient (Wildman–Crippen LogP) is 4.31. The Morgan fingerprint density at radius 2 is 1.82 bits per heavy atom. The van der Waals surface area contributed by atoms with Gasteiger partial charge in [-0.3, -0.25) is 4.79 Å². The van der Waals surface area contributed by atoms with Gasteiger partial charge in [0.05, 0.1) is 11.6 Å². The Labute approximate surface area is 135 Å². The highest BCUT2D eigenvalue weighted by molar-refractivity contribution is 6.32. The summed E-state index contributed by atoms with van der Waals surface area (Å²) >= 11 is 6.17. The third-order valence-electron chi connectivity index (χ3n) is 3.00. The van der Waals surface area contributed by atoms with Gasteiger partial charge in [0, 0.05) is 24.8 Å². The van der Waals surface area contributed by atoms with E-state index >= 15 is 0 Å². The van der Waals surface area contributed by atoms with Crippen LogP contribution in [0.25, 0.3) is 0 Å². The fourth-order valence-corrected chi connectivity index (χ4v) is 2.26. The largest absolute Gasteiger partial charge is 0.492 e. The van der Waals surface area contributed by atoms with Crippen LogP contribution >= 0.6 is 11.6 Å². The molecule has 2 aromatic rings. The lowest BCUT2D eigenvalue weighted by molar-refractivity contribution is -0.114. The molecule has 22 heavy (non-hydrogen) atoms. The van der Waals surface area contributed by atoms with Gasteiger partial charge in [-0.25, -0.2) is 0 Å². The van der Waals surface area contributed by atoms with E-state index in [9.17, 15) is 4.79 Å². The molecular formula is C17H19ClN2O2. The van der Waals surface area contributed by atoms with Gasteiger partial charge < -0.3 is 15.4 Å². The van der Waals surface area contributed by atoms with Crippen molar-refractivity contribution < 1.29 is 9.53 Å². The molecule has 0 aliphatic rings. The highest BCUT2D eigenvalue weighted by Gasteiger charge is 2.03. The normalized spacial score (nSPS) is 10.1. The molecule has 0 aromatic heterocycles. The summed E-state index contributed by atoms with van der Waals surface area (Å²) in [6.45, 7) is 4.67. The molecule has 0 aliphatic heterocycles. The summed E-state index contributed by atoms with van der Waals surface area (Å²) in [6, 6.07) is 13.3. The second kappa shape index (κ2) is 7.71. The standard InChI is InChI=1S/C17H19ClN2O2/c1-3-22-17-9-4-13(10-16(17)18)11-19-14-5-7-15(8-6-14)20-12(2)21/h4-10,19H,3,11H2,1-2H3,(H,20,21). The summed E-state index contributed by atoms with van der Waals surface area (Å²) in [5, 5.41) is 6.65. The maximum Gasteiger partial charge on any atom is 0.221 e. The predicted molar refractivity (Wildman–Crippen MR) is 90.7 cm³/mol. The molecule has 116 valence electrons. The van der Waals surface area contributed by atoms with Crippen molar-refractivity contribution >= 4 is 28.9 Å². The lowest BCUT2D eigenvalue weighted by Crippen LogP contribution is -2.05. The Balaban J connectivity index is 1.95. The molecule has 0 spiro atoms. The number of amides is 1. The van der Waals surface area contributed by atoms with Gasteiger partial charge in [0.1, 0.15) is 5.75 Å². The number of hydrogen-bond donors (Lipinski definition) is 2. The van der Waals surface area contributed by atoms with Gasteiger partial charge in [-0.2, -0.15) is 0 Å². The number of halogens is 1. The van der Waals surface area contributed by atoms with E-state index in [1.807, 2.05) is 49.4 Å². The first-order chi connectivity index (χ1) is 10.6. The van der Waals surface area contributed by atoms with Gasteiger partial charge in [-0.05, 0) is 48.9 Å². The molecule has 0 heterocycles. The highest BCUT2D eigenvalue weighted by atomic mass is 35.5. The van der Waals surface area contributed by atoms with Crippen molar-refractivity contribution in [3.05, 3.63) is 53.1 Å². The van der Waals surface area contributed by atoms with Gasteiger partial charge in [-0.1, -0.05) is 17.7 Å². The van der Waals surface area contributed by atoms with Crippen molar-refractivity contribution in [2.24, 2.45) is 0 Å². The maximum atomic E-state index is 11.0. The van der Waals surface area contributed by atoms with Crippen molar-refractivity contribution in [3.63, 3.8) is 0 Å². The van der Waals surface area contributed by atoms with Crippen LogP contribution in [0, 0.1) is 0 Å². The molecule has 0 saturated heterocycles. The zero-order valence-corrected chi connectivity index (χ0v) is 13.4. The highest BCUT2D eigenvalue weighted by Crippen LogP contribution is 2.26. The molecule has 1 amide bonds. The summed E-state index contributed by atoms with van der Waals surface area (Å²) in [5.74, 6) is 0.623. The van der Waals surface area contributed by atoms with Crippen molar-refractivity contribution in [1.29, 1.82) is 0 Å². The first-order valence-electron chi connectivity index (χ1n) is 7.11. The van der Waals surface area contributed by atoms with Crippen LogP contribution in [-0.4, -0.2) is 12.5 Å². The summed E-state index contributed by atoms with van der Waals surface area (Å²) in [6.07, 6.45) is 0. The summed E-state index contributed by atoms with van der Waals surface area (Å²) in [4.78, 5) is 11.0. The molecular weight excluding hydrogens is 300 g/mol. The van der Waals surface area contributed by atoms with E-state index in [1.54, 1.807) is 0 Å². The van der Waals surface area contributed by atoms with E-state index in [0.717, 1.165) is 16.9 Å². The average Bonchev–Trinajstić information content (AvgIpc) is 2.49. The smallest absolute Gasteiger partial charge is 0.221 e. The molecule has 0 fully saturated rings. The van der Waals surface area contributed by atoms with E-state index < -0.39 is 0 Å². The molecule has 2 N–H and O–H groups in total. The average molecular weight is 319 g/mol. The molecule has 0 aliphatic carbocycles. The molecule has 0 radical (unpaired) electrons. The van der Waals surface area contributed by atoms with Crippen LogP contribution in [0.4, 0.5) is 11.4 Å². The molecule has 2 aromatic carbocycles. The minimum atomic E-state index is -0.0789. The third kappa shape index (κ3) is 4.67. The number of anilines is 2. The van der Waals surface area contributed by atoms with Gasteiger partial charge in [0.2, 0.25) is 5.91 Å². The van der Waals surface area contributed by atoms with Gasteiger partial charge >= 0.3 is 0 Å². The lowest BCUT2D eigenvalue weighted by Gasteiger charge is -2.10. The number of benzene rings is 2. The molecule has 0 saturated carbocycles. The van der Waals surface area contributed by atoms with Crippen molar-refractivity contribution in [2.45, 2.75) is 20.4 Å². The monoisotopic (exact) mass is 318 g/mol. The Morgan fingerprint density at radius 3 is 2.41 bits per heavy atom. The Kier molecular flexibility index (Phi) is 5.67. The van der Waals surface area contributed by atoms with E-state index in [0.29, 0.717) is 23.9 Å². The first-order valence-corrected chi connectivity index (χ1v) is 7.49. The molecule has 5 heteroatoms. The summed E-state index contributed by atoms with van der Waals surface area (Å²) in [5.41, 5.74) is 2.82. The minimum Gasteiger partial charge on any atom is -0.492 e. The topological polar surface area (TPSA) is 50.4 Å². The number of ether oxygens (including phenoxy) is 1. The fraction of sp³-hybridized carbons (Fsp3) is 0.235. The van der Waals surface area contributed by atoms with Crippen LogP contribution < -0.4 is 15.4 Å². The number of nitrogens with one attached hydrogen (secondary N) is 2. The van der Waals surface area contributed by atoms with Gasteiger partial charge in [0.15, 0.2) is 0 Å². The third-order valence-corrected chi connectivity index (χ3v) is 3.29. The van der Waals surface area contributed by atoms with Gasteiger partial charge in [0.25, 0.3) is 0 Å². The quantitative estimate of drug-likeness (QED) is 0.834. The Morgan fingerprint density at radius 1 is 1.14 bits per heavy atom. The second-order valence-electron chi connectivity index (χ2n) is 4.81. The number of rotatable bonds is 6. The van der Waals surface area contributed by atoms with Crippen LogP contribution in [0.5, 0.6) is 5.75 Å². The zero-order chi connectivity index (χ0) is 15.9. The Bertz CT molecular complexity index is 642. The van der Waals surface area contributed by atoms with Crippen molar-refractivity contribution in [3.8, 4) is 5.75 Å². The zero-order valence-electron chi connectivity index (χ0n) is 12.7. The van der Waals surface area contributed by atoms with Crippen LogP contribution in [0.15, 0.2) is 42.5 Å². The van der Waals surface area contributed by atoms with Crippen LogP contribution in [0.3, 0.4) is 0 Å². The second-order valence-corrected chi connectivity index (χ2v) is 5.22. The van der Waals surface area contributed by atoms with Crippen LogP contribution in [0.1, 0.15) is 19.4 Å². The van der Waals surface area contributed by atoms with Crippen LogP contribution in [0.2, 0.25) is 5.02 Å². The van der Waals surface area contributed by atoms with E-state index in [-0.39, 0.29) is 5.91 Å². The Hall–Kier alpha value is -2.20. The summed E-state index contributed by atoms with van der Waals surface area (Å²) < 4.78 is 5.41. The minimum absolute atomic E-state index is 0.0789. The van der Waals surface area contributed by atoms with Gasteiger partial charge in [-0.15, -0.1) is 0 Å². The molecule has 4 nitrogen and oxygen atoms in total. The van der Waals surface area contributed by atoms with E-state index in [2.05, 4.69) is 10.6 Å². The lowest BCUT2D eigenvalue weighted by atomic mass is 10.2. The van der Waals surface area contributed by atoms with Crippen LogP contribution in [-0.2, 0) is 11.3 Å². The number of hydrogen-bond acceptors (Lipinski definition) is 3. The van der Waals surface area contributed by atoms with E-state index in [4.69, 9.17) is 16.3 Å².